The first kappa shape index (κ1) is 13.1. The molecule has 3 aromatic rings. The number of nitrogens with zero attached hydrogens (tertiary/aromatic N) is 1. The van der Waals surface area contributed by atoms with Crippen molar-refractivity contribution >= 4 is 27.5 Å². The van der Waals surface area contributed by atoms with Crippen molar-refractivity contribution in [1.82, 2.24) is 0 Å². The topological polar surface area (TPSA) is 50.1 Å². The number of benzene rings is 3. The molecule has 3 rings (SSSR count). The number of carbonyl (C=O) groups excluding carboxylic acids is 1. The van der Waals surface area contributed by atoms with Crippen molar-refractivity contribution in [3.8, 4) is 6.07 Å². The fourth-order valence-electron chi connectivity index (χ4n) is 2.48. The first-order chi connectivity index (χ1) is 10.2. The summed E-state index contributed by atoms with van der Waals surface area (Å²) in [6.07, 6.45) is -0.768. The number of carbonyl (C=O) groups is 1. The van der Waals surface area contributed by atoms with Crippen LogP contribution in [0, 0.1) is 11.3 Å². The van der Waals surface area contributed by atoms with Gasteiger partial charge in [-0.2, -0.15) is 5.26 Å². The van der Waals surface area contributed by atoms with Gasteiger partial charge in [0.15, 0.2) is 6.10 Å². The first-order valence-electron chi connectivity index (χ1n) is 6.72. The minimum atomic E-state index is -0.768. The maximum atomic E-state index is 12.5. The zero-order valence-electron chi connectivity index (χ0n) is 11.5. The Labute approximate surface area is 122 Å². The van der Waals surface area contributed by atoms with Gasteiger partial charge >= 0.3 is 5.97 Å². The van der Waals surface area contributed by atoms with E-state index in [-0.39, 0.29) is 0 Å². The van der Waals surface area contributed by atoms with Crippen LogP contribution in [-0.4, -0.2) is 12.1 Å². The van der Waals surface area contributed by atoms with E-state index in [1.807, 2.05) is 54.6 Å². The van der Waals surface area contributed by atoms with Crippen LogP contribution in [0.2, 0.25) is 0 Å². The molecule has 0 aromatic heterocycles. The average Bonchev–Trinajstić information content (AvgIpc) is 2.52. The summed E-state index contributed by atoms with van der Waals surface area (Å²) in [5.41, 5.74) is 0.519. The van der Waals surface area contributed by atoms with E-state index in [1.54, 1.807) is 6.92 Å². The normalized spacial score (nSPS) is 12.0. The van der Waals surface area contributed by atoms with Crippen molar-refractivity contribution in [2.45, 2.75) is 13.0 Å². The van der Waals surface area contributed by atoms with Crippen LogP contribution in [0.5, 0.6) is 0 Å². The quantitative estimate of drug-likeness (QED) is 0.523. The molecule has 0 fully saturated rings. The minimum Gasteiger partial charge on any atom is -0.444 e. The molecule has 102 valence electrons. The lowest BCUT2D eigenvalue weighted by molar-refractivity contribution is 0.0440. The Balaban J connectivity index is 2.30. The second kappa shape index (κ2) is 5.26. The number of esters is 1. The highest BCUT2D eigenvalue weighted by atomic mass is 16.5. The van der Waals surface area contributed by atoms with E-state index >= 15 is 0 Å². The van der Waals surface area contributed by atoms with Crippen molar-refractivity contribution in [2.24, 2.45) is 0 Å². The molecule has 3 aromatic carbocycles. The average molecular weight is 275 g/mol. The summed E-state index contributed by atoms with van der Waals surface area (Å²) in [6.45, 7) is 1.56. The minimum absolute atomic E-state index is 0.461. The third-order valence-corrected chi connectivity index (χ3v) is 3.44. The Kier molecular flexibility index (Phi) is 3.29. The predicted octanol–water partition coefficient (Wildman–Crippen LogP) is 4.06. The van der Waals surface area contributed by atoms with Crippen LogP contribution in [0.1, 0.15) is 17.3 Å². The summed E-state index contributed by atoms with van der Waals surface area (Å²) in [5, 5.41) is 12.5. The maximum Gasteiger partial charge on any atom is 0.340 e. The van der Waals surface area contributed by atoms with Gasteiger partial charge in [0, 0.05) is 0 Å². The molecule has 0 bridgehead atoms. The number of fused-ring (bicyclic) bond motifs is 2. The lowest BCUT2D eigenvalue weighted by Gasteiger charge is -2.12. The van der Waals surface area contributed by atoms with Gasteiger partial charge in [0.2, 0.25) is 0 Å². The van der Waals surface area contributed by atoms with Crippen LogP contribution in [0.3, 0.4) is 0 Å². The van der Waals surface area contributed by atoms with Crippen LogP contribution >= 0.6 is 0 Å². The Morgan fingerprint density at radius 3 is 2.10 bits per heavy atom. The number of hydrogen-bond acceptors (Lipinski definition) is 3. The molecule has 3 nitrogen and oxygen atoms in total. The van der Waals surface area contributed by atoms with Crippen LogP contribution in [0.4, 0.5) is 0 Å². The third kappa shape index (κ3) is 2.32. The lowest BCUT2D eigenvalue weighted by atomic mass is 9.97. The highest BCUT2D eigenvalue weighted by Crippen LogP contribution is 2.29. The molecule has 0 aliphatic rings. The lowest BCUT2D eigenvalue weighted by Crippen LogP contribution is -2.13. The Bertz CT molecular complexity index is 823. The molecule has 0 N–H and O–H groups in total. The molecule has 0 radical (unpaired) electrons. The van der Waals surface area contributed by atoms with Crippen molar-refractivity contribution in [3.63, 3.8) is 0 Å². The number of rotatable bonds is 2. The smallest absolute Gasteiger partial charge is 0.340 e. The predicted molar refractivity (Wildman–Crippen MR) is 81.9 cm³/mol. The fourth-order valence-corrected chi connectivity index (χ4v) is 2.48. The number of ether oxygens (including phenoxy) is 1. The van der Waals surface area contributed by atoms with Crippen molar-refractivity contribution in [2.75, 3.05) is 0 Å². The van der Waals surface area contributed by atoms with Gasteiger partial charge in [0.1, 0.15) is 6.07 Å². The van der Waals surface area contributed by atoms with Gasteiger partial charge in [-0.15, -0.1) is 0 Å². The summed E-state index contributed by atoms with van der Waals surface area (Å²) < 4.78 is 5.20. The molecule has 3 heteroatoms. The monoisotopic (exact) mass is 275 g/mol. The second-order valence-electron chi connectivity index (χ2n) is 4.87. The van der Waals surface area contributed by atoms with Crippen LogP contribution < -0.4 is 0 Å². The van der Waals surface area contributed by atoms with Gasteiger partial charge < -0.3 is 4.74 Å². The molecule has 1 unspecified atom stereocenters. The zero-order valence-corrected chi connectivity index (χ0v) is 11.5. The largest absolute Gasteiger partial charge is 0.444 e. The molecular formula is C18H13NO2. The number of nitriles is 1. The highest BCUT2D eigenvalue weighted by Gasteiger charge is 2.18. The molecule has 1 atom stereocenters. The summed E-state index contributed by atoms with van der Waals surface area (Å²) in [5.74, 6) is -0.461. The van der Waals surface area contributed by atoms with Crippen molar-refractivity contribution in [3.05, 3.63) is 60.2 Å². The molecule has 21 heavy (non-hydrogen) atoms. The molecule has 0 heterocycles. The van der Waals surface area contributed by atoms with Gasteiger partial charge in [0.25, 0.3) is 0 Å². The summed E-state index contributed by atoms with van der Waals surface area (Å²) in [7, 11) is 0. The van der Waals surface area contributed by atoms with Gasteiger partial charge in [-0.3, -0.25) is 0 Å². The molecule has 0 amide bonds. The summed E-state index contributed by atoms with van der Waals surface area (Å²) in [4.78, 5) is 12.5. The van der Waals surface area contributed by atoms with E-state index in [9.17, 15) is 4.79 Å². The van der Waals surface area contributed by atoms with Gasteiger partial charge in [-0.1, -0.05) is 48.5 Å². The summed E-state index contributed by atoms with van der Waals surface area (Å²) >= 11 is 0. The molecule has 0 aliphatic carbocycles. The van der Waals surface area contributed by atoms with Crippen LogP contribution in [0.15, 0.2) is 54.6 Å². The molecule has 0 saturated carbocycles. The number of hydrogen-bond donors (Lipinski definition) is 0. The first-order valence-corrected chi connectivity index (χ1v) is 6.72. The fraction of sp³-hybridized carbons (Fsp3) is 0.111. The third-order valence-electron chi connectivity index (χ3n) is 3.44. The second-order valence-corrected chi connectivity index (χ2v) is 4.87. The summed E-state index contributed by atoms with van der Waals surface area (Å²) in [6, 6.07) is 19.3. The Morgan fingerprint density at radius 2 is 1.57 bits per heavy atom. The van der Waals surface area contributed by atoms with E-state index in [0.29, 0.717) is 5.56 Å². The molecule has 0 spiro atoms. The van der Waals surface area contributed by atoms with Crippen molar-refractivity contribution < 1.29 is 9.53 Å². The molecule has 0 aliphatic heterocycles. The zero-order chi connectivity index (χ0) is 14.8. The Morgan fingerprint density at radius 1 is 1.05 bits per heavy atom. The molecular weight excluding hydrogens is 262 g/mol. The Hall–Kier alpha value is -2.86. The highest BCUT2D eigenvalue weighted by molar-refractivity contribution is 6.16. The maximum absolute atomic E-state index is 12.5. The standard InChI is InChI=1S/C18H13NO2/c1-12(11-19)21-18(20)17-15-8-4-2-6-13(15)10-14-7-3-5-9-16(14)17/h2-10,12H,1H3. The van der Waals surface area contributed by atoms with Gasteiger partial charge in [0.05, 0.1) is 5.56 Å². The van der Waals surface area contributed by atoms with Gasteiger partial charge in [-0.05, 0) is 34.5 Å². The van der Waals surface area contributed by atoms with Crippen LogP contribution in [-0.2, 0) is 4.74 Å². The SMILES string of the molecule is CC(C#N)OC(=O)c1c2ccccc2cc2ccccc12. The van der Waals surface area contributed by atoms with Crippen molar-refractivity contribution in [1.29, 1.82) is 5.26 Å². The molecule has 0 saturated heterocycles. The van der Waals surface area contributed by atoms with E-state index in [4.69, 9.17) is 10.00 Å². The van der Waals surface area contributed by atoms with E-state index in [0.717, 1.165) is 21.5 Å². The van der Waals surface area contributed by atoms with E-state index < -0.39 is 12.1 Å². The van der Waals surface area contributed by atoms with Gasteiger partial charge in [-0.25, -0.2) is 4.79 Å². The van der Waals surface area contributed by atoms with E-state index in [1.165, 1.54) is 0 Å². The van der Waals surface area contributed by atoms with E-state index in [2.05, 4.69) is 6.07 Å². The van der Waals surface area contributed by atoms with Crippen LogP contribution in [0.25, 0.3) is 21.5 Å².